The Balaban J connectivity index is 2.57. The highest BCUT2D eigenvalue weighted by Gasteiger charge is 2.05. The zero-order valence-corrected chi connectivity index (χ0v) is 13.8. The maximum Gasteiger partial charge on any atom is 0.328 e. The summed E-state index contributed by atoms with van der Waals surface area (Å²) in [6.45, 7) is 6.37. The van der Waals surface area contributed by atoms with E-state index in [4.69, 9.17) is 4.74 Å². The van der Waals surface area contributed by atoms with E-state index in [9.17, 15) is 14.4 Å². The molecule has 0 radical (unpaired) electrons. The van der Waals surface area contributed by atoms with Gasteiger partial charge in [0, 0.05) is 18.8 Å². The first-order valence-electron chi connectivity index (χ1n) is 7.64. The van der Waals surface area contributed by atoms with Gasteiger partial charge in [-0.25, -0.2) is 4.79 Å². The minimum Gasteiger partial charge on any atom is -0.372 e. The van der Waals surface area contributed by atoms with Crippen molar-refractivity contribution in [3.05, 3.63) is 32.6 Å². The van der Waals surface area contributed by atoms with Gasteiger partial charge in [-0.3, -0.25) is 19.1 Å². The van der Waals surface area contributed by atoms with Crippen LogP contribution in [-0.4, -0.2) is 35.2 Å². The van der Waals surface area contributed by atoms with Crippen molar-refractivity contribution in [2.45, 2.75) is 39.7 Å². The number of carbonyl (C=O) groups is 1. The summed E-state index contributed by atoms with van der Waals surface area (Å²) >= 11 is 0. The SMILES string of the molecule is CCCCOCC(=O)NCC#Cc1cn(C(C)C)c(=O)[nH]c1=O. The third-order valence-corrected chi connectivity index (χ3v) is 3.00. The third-order valence-electron chi connectivity index (χ3n) is 3.00. The second-order valence-electron chi connectivity index (χ2n) is 5.29. The molecule has 1 rings (SSSR count). The normalized spacial score (nSPS) is 10.3. The molecule has 0 aliphatic rings. The van der Waals surface area contributed by atoms with Gasteiger partial charge < -0.3 is 10.1 Å². The Morgan fingerprint density at radius 3 is 2.83 bits per heavy atom. The molecule has 0 aromatic carbocycles. The van der Waals surface area contributed by atoms with E-state index in [1.54, 1.807) is 0 Å². The van der Waals surface area contributed by atoms with E-state index < -0.39 is 11.2 Å². The molecule has 126 valence electrons. The Kier molecular flexibility index (Phi) is 7.84. The molecule has 1 aromatic rings. The molecular formula is C16H23N3O4. The fourth-order valence-electron chi connectivity index (χ4n) is 1.70. The molecule has 0 atom stereocenters. The topological polar surface area (TPSA) is 93.2 Å². The lowest BCUT2D eigenvalue weighted by atomic mass is 10.3. The number of H-pyrrole nitrogens is 1. The van der Waals surface area contributed by atoms with E-state index in [0.717, 1.165) is 12.8 Å². The van der Waals surface area contributed by atoms with Crippen molar-refractivity contribution in [2.75, 3.05) is 19.8 Å². The molecule has 23 heavy (non-hydrogen) atoms. The molecule has 2 N–H and O–H groups in total. The highest BCUT2D eigenvalue weighted by atomic mass is 16.5. The van der Waals surface area contributed by atoms with Crippen LogP contribution < -0.4 is 16.6 Å². The van der Waals surface area contributed by atoms with Gasteiger partial charge >= 0.3 is 5.69 Å². The molecule has 0 aliphatic heterocycles. The number of unbranched alkanes of at least 4 members (excludes halogenated alkanes) is 1. The molecule has 1 aromatic heterocycles. The van der Waals surface area contributed by atoms with Gasteiger partial charge in [0.1, 0.15) is 12.2 Å². The highest BCUT2D eigenvalue weighted by Crippen LogP contribution is 1.98. The lowest BCUT2D eigenvalue weighted by molar-refractivity contribution is -0.125. The summed E-state index contributed by atoms with van der Waals surface area (Å²) in [6.07, 6.45) is 3.36. The predicted octanol–water partition coefficient (Wildman–Crippen LogP) is 0.402. The second kappa shape index (κ2) is 9.64. The number of carbonyl (C=O) groups excluding carboxylic acids is 1. The monoisotopic (exact) mass is 321 g/mol. The number of hydrogen-bond donors (Lipinski definition) is 2. The van der Waals surface area contributed by atoms with Gasteiger partial charge in [0.05, 0.1) is 6.54 Å². The minimum atomic E-state index is -0.534. The van der Waals surface area contributed by atoms with Crippen LogP contribution in [0.15, 0.2) is 15.8 Å². The van der Waals surface area contributed by atoms with Crippen molar-refractivity contribution < 1.29 is 9.53 Å². The second-order valence-corrected chi connectivity index (χ2v) is 5.29. The van der Waals surface area contributed by atoms with Crippen molar-refractivity contribution in [1.29, 1.82) is 0 Å². The smallest absolute Gasteiger partial charge is 0.328 e. The van der Waals surface area contributed by atoms with E-state index in [0.29, 0.717) is 6.61 Å². The first-order chi connectivity index (χ1) is 11.0. The quantitative estimate of drug-likeness (QED) is 0.561. The number of nitrogens with zero attached hydrogens (tertiary/aromatic N) is 1. The van der Waals surface area contributed by atoms with Crippen LogP contribution in [0, 0.1) is 11.8 Å². The Labute approximate surface area is 135 Å². The van der Waals surface area contributed by atoms with Crippen molar-refractivity contribution in [2.24, 2.45) is 0 Å². The van der Waals surface area contributed by atoms with Crippen LogP contribution in [0.3, 0.4) is 0 Å². The summed E-state index contributed by atoms with van der Waals surface area (Å²) in [6, 6.07) is -0.0835. The minimum absolute atomic E-state index is 0.000488. The number of nitrogens with one attached hydrogen (secondary N) is 2. The van der Waals surface area contributed by atoms with Gasteiger partial charge in [-0.2, -0.15) is 0 Å². The summed E-state index contributed by atoms with van der Waals surface area (Å²) in [5.74, 6) is 5.09. The van der Waals surface area contributed by atoms with E-state index >= 15 is 0 Å². The lowest BCUT2D eigenvalue weighted by Crippen LogP contribution is -2.32. The van der Waals surface area contributed by atoms with E-state index in [1.165, 1.54) is 10.8 Å². The maximum atomic E-state index is 11.7. The molecule has 1 amide bonds. The van der Waals surface area contributed by atoms with Crippen molar-refractivity contribution in [3.8, 4) is 11.8 Å². The summed E-state index contributed by atoms with van der Waals surface area (Å²) in [4.78, 5) is 36.9. The van der Waals surface area contributed by atoms with Crippen molar-refractivity contribution in [1.82, 2.24) is 14.9 Å². The summed E-state index contributed by atoms with van der Waals surface area (Å²) in [7, 11) is 0. The fraction of sp³-hybridized carbons (Fsp3) is 0.562. The average Bonchev–Trinajstić information content (AvgIpc) is 2.49. The van der Waals surface area contributed by atoms with Crippen LogP contribution in [0.2, 0.25) is 0 Å². The highest BCUT2D eigenvalue weighted by molar-refractivity contribution is 5.77. The Morgan fingerprint density at radius 2 is 2.17 bits per heavy atom. The van der Waals surface area contributed by atoms with E-state index in [2.05, 4.69) is 22.1 Å². The third kappa shape index (κ3) is 6.53. The fourth-order valence-corrected chi connectivity index (χ4v) is 1.70. The number of ether oxygens (including phenoxy) is 1. The number of amides is 1. The molecule has 0 bridgehead atoms. The number of rotatable bonds is 7. The van der Waals surface area contributed by atoms with Gasteiger partial charge in [-0.15, -0.1) is 0 Å². The van der Waals surface area contributed by atoms with Crippen LogP contribution >= 0.6 is 0 Å². The van der Waals surface area contributed by atoms with E-state index in [1.807, 2.05) is 20.8 Å². The van der Waals surface area contributed by atoms with E-state index in [-0.39, 0.29) is 30.7 Å². The van der Waals surface area contributed by atoms with Crippen molar-refractivity contribution in [3.63, 3.8) is 0 Å². The summed E-state index contributed by atoms with van der Waals surface area (Å²) in [5, 5.41) is 2.58. The van der Waals surface area contributed by atoms with Gasteiger partial charge in [0.15, 0.2) is 0 Å². The van der Waals surface area contributed by atoms with Gasteiger partial charge in [-0.1, -0.05) is 25.2 Å². The number of aromatic amines is 1. The Hall–Kier alpha value is -2.33. The molecule has 0 fully saturated rings. The van der Waals surface area contributed by atoms with Crippen LogP contribution in [0.1, 0.15) is 45.2 Å². The largest absolute Gasteiger partial charge is 0.372 e. The van der Waals surface area contributed by atoms with Crippen molar-refractivity contribution >= 4 is 5.91 Å². The molecule has 0 aliphatic carbocycles. The summed E-state index contributed by atoms with van der Waals surface area (Å²) in [5.41, 5.74) is -0.812. The van der Waals surface area contributed by atoms with Gasteiger partial charge in [-0.05, 0) is 20.3 Å². The molecular weight excluding hydrogens is 298 g/mol. The molecule has 0 saturated carbocycles. The Bertz CT molecular complexity index is 692. The maximum absolute atomic E-state index is 11.7. The zero-order valence-electron chi connectivity index (χ0n) is 13.8. The number of hydrogen-bond acceptors (Lipinski definition) is 4. The average molecular weight is 321 g/mol. The van der Waals surface area contributed by atoms with Crippen LogP contribution in [0.4, 0.5) is 0 Å². The van der Waals surface area contributed by atoms with Gasteiger partial charge in [0.25, 0.3) is 5.56 Å². The molecule has 0 unspecified atom stereocenters. The van der Waals surface area contributed by atoms with Crippen LogP contribution in [0.25, 0.3) is 0 Å². The van der Waals surface area contributed by atoms with Crippen LogP contribution in [-0.2, 0) is 9.53 Å². The molecule has 1 heterocycles. The van der Waals surface area contributed by atoms with Gasteiger partial charge in [0.2, 0.25) is 5.91 Å². The molecule has 7 heteroatoms. The van der Waals surface area contributed by atoms with Crippen LogP contribution in [0.5, 0.6) is 0 Å². The number of aromatic nitrogens is 2. The molecule has 0 spiro atoms. The molecule has 0 saturated heterocycles. The Morgan fingerprint density at radius 1 is 1.43 bits per heavy atom. The zero-order chi connectivity index (χ0) is 17.2. The lowest BCUT2D eigenvalue weighted by Gasteiger charge is -2.08. The standard InChI is InChI=1S/C16H23N3O4/c1-4-5-9-23-11-14(20)17-8-6-7-13-10-19(12(2)3)16(22)18-15(13)21/h10,12H,4-5,8-9,11H2,1-3H3,(H,17,20)(H,18,21,22). The first kappa shape index (κ1) is 18.7. The predicted molar refractivity (Wildman–Crippen MR) is 87.3 cm³/mol. The first-order valence-corrected chi connectivity index (χ1v) is 7.64. The summed E-state index contributed by atoms with van der Waals surface area (Å²) < 4.78 is 6.57. The molecule has 7 nitrogen and oxygen atoms in total.